The van der Waals surface area contributed by atoms with Crippen molar-refractivity contribution in [3.05, 3.63) is 24.0 Å². The Morgan fingerprint density at radius 3 is 2.47 bits per heavy atom. The van der Waals surface area contributed by atoms with E-state index < -0.39 is 33.7 Å². The van der Waals surface area contributed by atoms with Crippen molar-refractivity contribution in [1.29, 1.82) is 0 Å². The highest BCUT2D eigenvalue weighted by Gasteiger charge is 2.26. The van der Waals surface area contributed by atoms with Gasteiger partial charge in [-0.05, 0) is 18.2 Å². The number of hydrogen-bond acceptors (Lipinski definition) is 3. The van der Waals surface area contributed by atoms with Crippen molar-refractivity contribution in [2.75, 3.05) is 19.3 Å². The van der Waals surface area contributed by atoms with Crippen LogP contribution in [-0.4, -0.2) is 32.7 Å². The molecule has 0 fully saturated rings. The SMILES string of the molecule is CN(CC(F)F)S(=O)(=O)c1ccc(N)cc1F. The molecule has 0 unspecified atom stereocenters. The van der Waals surface area contributed by atoms with Crippen LogP contribution in [-0.2, 0) is 10.0 Å². The molecular formula is C9H11F3N2O2S. The Bertz CT molecular complexity index is 505. The maximum absolute atomic E-state index is 13.4. The number of nitrogens with two attached hydrogens (primary N) is 1. The molecule has 0 aliphatic heterocycles. The van der Waals surface area contributed by atoms with Gasteiger partial charge in [0.25, 0.3) is 6.43 Å². The van der Waals surface area contributed by atoms with Gasteiger partial charge < -0.3 is 5.73 Å². The van der Waals surface area contributed by atoms with Gasteiger partial charge in [0.15, 0.2) is 0 Å². The molecule has 8 heteroatoms. The summed E-state index contributed by atoms with van der Waals surface area (Å²) in [5, 5.41) is 0. The minimum atomic E-state index is -4.26. The second kappa shape index (κ2) is 4.92. The standard InChI is InChI=1S/C9H11F3N2O2S/c1-14(5-9(11)12)17(15,16)8-3-2-6(13)4-7(8)10/h2-4,9H,5,13H2,1H3. The summed E-state index contributed by atoms with van der Waals surface area (Å²) in [5.41, 5.74) is 5.31. The van der Waals surface area contributed by atoms with Crippen molar-refractivity contribution in [2.45, 2.75) is 11.3 Å². The van der Waals surface area contributed by atoms with Crippen molar-refractivity contribution in [1.82, 2.24) is 4.31 Å². The van der Waals surface area contributed by atoms with Crippen LogP contribution in [0.2, 0.25) is 0 Å². The second-order valence-corrected chi connectivity index (χ2v) is 5.38. The van der Waals surface area contributed by atoms with Gasteiger partial charge >= 0.3 is 0 Å². The van der Waals surface area contributed by atoms with Gasteiger partial charge in [-0.15, -0.1) is 0 Å². The fourth-order valence-electron chi connectivity index (χ4n) is 1.19. The van der Waals surface area contributed by atoms with Crippen LogP contribution < -0.4 is 5.73 Å². The van der Waals surface area contributed by atoms with E-state index in [-0.39, 0.29) is 5.69 Å². The minimum absolute atomic E-state index is 0.0537. The Morgan fingerprint density at radius 1 is 1.41 bits per heavy atom. The van der Waals surface area contributed by atoms with E-state index in [1.54, 1.807) is 0 Å². The maximum Gasteiger partial charge on any atom is 0.252 e. The van der Waals surface area contributed by atoms with Crippen molar-refractivity contribution in [3.8, 4) is 0 Å². The molecule has 96 valence electrons. The van der Waals surface area contributed by atoms with Gasteiger partial charge in [-0.1, -0.05) is 0 Å². The van der Waals surface area contributed by atoms with Gasteiger partial charge in [0.2, 0.25) is 10.0 Å². The van der Waals surface area contributed by atoms with Gasteiger partial charge in [-0.2, -0.15) is 4.31 Å². The minimum Gasteiger partial charge on any atom is -0.399 e. The first-order chi connectivity index (χ1) is 7.75. The zero-order chi connectivity index (χ0) is 13.2. The summed E-state index contributed by atoms with van der Waals surface area (Å²) in [6.45, 7) is -0.994. The first-order valence-electron chi connectivity index (χ1n) is 4.54. The van der Waals surface area contributed by atoms with Gasteiger partial charge in [0, 0.05) is 12.7 Å². The normalized spacial score (nSPS) is 12.4. The summed E-state index contributed by atoms with van der Waals surface area (Å²) < 4.78 is 61.3. The molecule has 1 aromatic rings. The third-order valence-electron chi connectivity index (χ3n) is 2.04. The third-order valence-corrected chi connectivity index (χ3v) is 3.90. The lowest BCUT2D eigenvalue weighted by atomic mass is 10.3. The van der Waals surface area contributed by atoms with Crippen LogP contribution in [0.15, 0.2) is 23.1 Å². The number of sulfonamides is 1. The van der Waals surface area contributed by atoms with E-state index in [1.165, 1.54) is 6.07 Å². The Morgan fingerprint density at radius 2 is 2.00 bits per heavy atom. The second-order valence-electron chi connectivity index (χ2n) is 3.37. The molecule has 0 amide bonds. The maximum atomic E-state index is 13.4. The summed E-state index contributed by atoms with van der Waals surface area (Å²) in [4.78, 5) is -0.671. The largest absolute Gasteiger partial charge is 0.399 e. The van der Waals surface area contributed by atoms with E-state index in [9.17, 15) is 21.6 Å². The predicted molar refractivity (Wildman–Crippen MR) is 56.6 cm³/mol. The molecule has 0 atom stereocenters. The zero-order valence-corrected chi connectivity index (χ0v) is 9.72. The van der Waals surface area contributed by atoms with E-state index in [4.69, 9.17) is 5.73 Å². The predicted octanol–water partition coefficient (Wildman–Crippen LogP) is 1.29. The van der Waals surface area contributed by atoms with Gasteiger partial charge in [0.1, 0.15) is 10.7 Å². The van der Waals surface area contributed by atoms with Gasteiger partial charge in [-0.3, -0.25) is 0 Å². The average Bonchev–Trinajstić information content (AvgIpc) is 2.15. The summed E-state index contributed by atoms with van der Waals surface area (Å²) in [6.07, 6.45) is -2.83. The Balaban J connectivity index is 3.13. The Labute approximate surface area is 96.9 Å². The van der Waals surface area contributed by atoms with Crippen LogP contribution >= 0.6 is 0 Å². The van der Waals surface area contributed by atoms with Crippen LogP contribution in [0.25, 0.3) is 0 Å². The third kappa shape index (κ3) is 3.10. The molecule has 0 aromatic heterocycles. The van der Waals surface area contributed by atoms with Crippen molar-refractivity contribution in [2.24, 2.45) is 0 Å². The molecule has 0 bridgehead atoms. The number of nitrogens with zero attached hydrogens (tertiary/aromatic N) is 1. The molecule has 0 saturated carbocycles. The number of rotatable bonds is 4. The molecular weight excluding hydrogens is 257 g/mol. The van der Waals surface area contributed by atoms with E-state index >= 15 is 0 Å². The molecule has 0 aliphatic rings. The number of hydrogen-bond donors (Lipinski definition) is 1. The first-order valence-corrected chi connectivity index (χ1v) is 5.98. The van der Waals surface area contributed by atoms with E-state index in [1.807, 2.05) is 0 Å². The van der Waals surface area contributed by atoms with Crippen LogP contribution in [0.3, 0.4) is 0 Å². The quantitative estimate of drug-likeness (QED) is 0.837. The summed E-state index contributed by atoms with van der Waals surface area (Å²) in [7, 11) is -3.30. The van der Waals surface area contributed by atoms with Crippen LogP contribution in [0.1, 0.15) is 0 Å². The number of nitrogen functional groups attached to an aromatic ring is 1. The molecule has 0 heterocycles. The van der Waals surface area contributed by atoms with Gasteiger partial charge in [0.05, 0.1) is 6.54 Å². The molecule has 2 N–H and O–H groups in total. The topological polar surface area (TPSA) is 63.4 Å². The van der Waals surface area contributed by atoms with E-state index in [0.717, 1.165) is 19.2 Å². The smallest absolute Gasteiger partial charge is 0.252 e. The van der Waals surface area contributed by atoms with Crippen molar-refractivity contribution < 1.29 is 21.6 Å². The summed E-state index contributed by atoms with van der Waals surface area (Å²) in [6, 6.07) is 2.96. The lowest BCUT2D eigenvalue weighted by Crippen LogP contribution is -2.31. The highest BCUT2D eigenvalue weighted by Crippen LogP contribution is 2.20. The van der Waals surface area contributed by atoms with Crippen molar-refractivity contribution in [3.63, 3.8) is 0 Å². The molecule has 0 saturated heterocycles. The molecule has 0 radical (unpaired) electrons. The van der Waals surface area contributed by atoms with E-state index in [0.29, 0.717) is 4.31 Å². The Hall–Kier alpha value is -1.28. The Kier molecular flexibility index (Phi) is 3.99. The molecule has 4 nitrogen and oxygen atoms in total. The first kappa shape index (κ1) is 13.8. The number of halogens is 3. The monoisotopic (exact) mass is 268 g/mol. The fraction of sp³-hybridized carbons (Fsp3) is 0.333. The molecule has 0 spiro atoms. The van der Waals surface area contributed by atoms with Crippen LogP contribution in [0, 0.1) is 5.82 Å². The number of alkyl halides is 2. The van der Waals surface area contributed by atoms with Crippen molar-refractivity contribution >= 4 is 15.7 Å². The fourth-order valence-corrected chi connectivity index (χ4v) is 2.38. The molecule has 0 aliphatic carbocycles. The van der Waals surface area contributed by atoms with Crippen LogP contribution in [0.4, 0.5) is 18.9 Å². The van der Waals surface area contributed by atoms with Gasteiger partial charge in [-0.25, -0.2) is 21.6 Å². The zero-order valence-electron chi connectivity index (χ0n) is 8.90. The highest BCUT2D eigenvalue weighted by molar-refractivity contribution is 7.89. The van der Waals surface area contributed by atoms with Crippen LogP contribution in [0.5, 0.6) is 0 Å². The lowest BCUT2D eigenvalue weighted by molar-refractivity contribution is 0.126. The van der Waals surface area contributed by atoms with E-state index in [2.05, 4.69) is 0 Å². The average molecular weight is 268 g/mol. The summed E-state index contributed by atoms with van der Waals surface area (Å²) in [5.74, 6) is -1.06. The summed E-state index contributed by atoms with van der Waals surface area (Å²) >= 11 is 0. The lowest BCUT2D eigenvalue weighted by Gasteiger charge is -2.17. The highest BCUT2D eigenvalue weighted by atomic mass is 32.2. The number of anilines is 1. The number of benzene rings is 1. The molecule has 17 heavy (non-hydrogen) atoms. The molecule has 1 rings (SSSR count). The molecule has 1 aromatic carbocycles.